The van der Waals surface area contributed by atoms with Crippen molar-refractivity contribution in [3.8, 4) is 0 Å². The average molecular weight is 1020 g/mol. The number of ether oxygens (including phenoxy) is 3. The van der Waals surface area contributed by atoms with Gasteiger partial charge in [0.2, 0.25) is 0 Å². The Kier molecular flexibility index (Phi) is 49.3. The molecule has 0 radical (unpaired) electrons. The summed E-state index contributed by atoms with van der Waals surface area (Å²) in [5.41, 5.74) is 0. The number of hydrogen-bond acceptors (Lipinski definition) is 7. The lowest BCUT2D eigenvalue weighted by Crippen LogP contribution is -2.46. The molecule has 0 aromatic carbocycles. The maximum Gasteiger partial charge on any atom is 0.309 e. The lowest BCUT2D eigenvalue weighted by molar-refractivity contribution is -0.174. The zero-order chi connectivity index (χ0) is 52.2. The summed E-state index contributed by atoms with van der Waals surface area (Å²) < 4.78 is 17.2. The number of unbranched alkanes of at least 4 members (excludes halogenated alkanes) is 45. The molecule has 1 N–H and O–H groups in total. The molecule has 0 aromatic heterocycles. The van der Waals surface area contributed by atoms with Crippen LogP contribution in [0.3, 0.4) is 0 Å². The molecule has 1 saturated carbocycles. The zero-order valence-electron chi connectivity index (χ0n) is 48.1. The van der Waals surface area contributed by atoms with Crippen LogP contribution < -0.4 is 0 Å². The lowest BCUT2D eigenvalue weighted by Gasteiger charge is -2.36. The van der Waals surface area contributed by atoms with Crippen molar-refractivity contribution >= 4 is 23.9 Å². The molecular formula is C64H120O8. The molecule has 72 heavy (non-hydrogen) atoms. The smallest absolute Gasteiger partial charge is 0.309 e. The predicted molar refractivity (Wildman–Crippen MR) is 302 cm³/mol. The van der Waals surface area contributed by atoms with Crippen molar-refractivity contribution in [1.29, 1.82) is 0 Å². The van der Waals surface area contributed by atoms with E-state index in [4.69, 9.17) is 14.2 Å². The first-order chi connectivity index (χ1) is 35.4. The molecule has 8 nitrogen and oxygen atoms in total. The molecule has 0 amide bonds. The van der Waals surface area contributed by atoms with E-state index in [1.165, 1.54) is 250 Å². The average Bonchev–Trinajstić information content (AvgIpc) is 3.38. The van der Waals surface area contributed by atoms with Gasteiger partial charge in [0.05, 0.1) is 43.5 Å². The predicted octanol–water partition coefficient (Wildman–Crippen LogP) is 19.7. The summed E-state index contributed by atoms with van der Waals surface area (Å²) in [5, 5.41) is 10.3. The second-order valence-electron chi connectivity index (χ2n) is 22.6. The third kappa shape index (κ3) is 40.2. The quantitative estimate of drug-likeness (QED) is 0.0364. The van der Waals surface area contributed by atoms with E-state index in [1.807, 2.05) is 0 Å². The number of carbonyl (C=O) groups excluding carboxylic acids is 3. The van der Waals surface area contributed by atoms with Crippen LogP contribution in [0.5, 0.6) is 0 Å². The third-order valence-electron chi connectivity index (χ3n) is 15.9. The number of carboxylic acid groups (broad SMARTS) is 1. The first-order valence-electron chi connectivity index (χ1n) is 32.1. The van der Waals surface area contributed by atoms with E-state index in [9.17, 15) is 24.3 Å². The number of carboxylic acids is 1. The van der Waals surface area contributed by atoms with Gasteiger partial charge in [-0.3, -0.25) is 19.2 Å². The highest BCUT2D eigenvalue weighted by Crippen LogP contribution is 2.41. The Hall–Kier alpha value is -2.12. The fourth-order valence-electron chi connectivity index (χ4n) is 11.0. The fourth-order valence-corrected chi connectivity index (χ4v) is 11.0. The van der Waals surface area contributed by atoms with E-state index in [0.29, 0.717) is 0 Å². The molecule has 0 saturated heterocycles. The van der Waals surface area contributed by atoms with Crippen LogP contribution in [0.1, 0.15) is 342 Å². The first kappa shape index (κ1) is 67.9. The summed E-state index contributed by atoms with van der Waals surface area (Å²) in [6, 6.07) is 0. The lowest BCUT2D eigenvalue weighted by atomic mass is 9.68. The molecule has 1 rings (SSSR count). The molecule has 0 bridgehead atoms. The topological polar surface area (TPSA) is 116 Å². The van der Waals surface area contributed by atoms with E-state index in [-0.39, 0.29) is 32.7 Å². The molecule has 1 aliphatic carbocycles. The highest BCUT2D eigenvalue weighted by Gasteiger charge is 2.50. The summed E-state index contributed by atoms with van der Waals surface area (Å²) in [4.78, 5) is 53.6. The van der Waals surface area contributed by atoms with E-state index in [1.54, 1.807) is 0 Å². The number of rotatable bonds is 55. The van der Waals surface area contributed by atoms with E-state index >= 15 is 0 Å². The Labute approximate surface area is 446 Å². The van der Waals surface area contributed by atoms with Gasteiger partial charge in [-0.15, -0.1) is 0 Å². The maximum absolute atomic E-state index is 13.7. The van der Waals surface area contributed by atoms with E-state index in [0.717, 1.165) is 57.8 Å². The Morgan fingerprint density at radius 1 is 0.264 bits per heavy atom. The minimum atomic E-state index is -1.14. The molecule has 0 spiro atoms. The maximum atomic E-state index is 13.7. The summed E-state index contributed by atoms with van der Waals surface area (Å²) in [7, 11) is 0. The standard InChI is InChI=1S/C64H120O8/c1-4-7-10-13-16-19-22-25-28-31-34-37-40-43-46-49-52-70-62(67)58-56-60(64(69)72-54-51-48-45-42-39-36-33-30-27-24-21-18-15-12-9-6-3)59(55-57(58)61(65)66)63(68)71-53-50-47-44-41-38-35-32-29-26-23-20-17-14-11-8-5-2/h57-60H,4-56H2,1-3H3,(H,65,66). The van der Waals surface area contributed by atoms with Gasteiger partial charge in [0, 0.05) is 0 Å². The first-order valence-corrected chi connectivity index (χ1v) is 32.1. The van der Waals surface area contributed by atoms with Crippen molar-refractivity contribution in [1.82, 2.24) is 0 Å². The summed E-state index contributed by atoms with van der Waals surface area (Å²) >= 11 is 0. The number of aliphatic carboxylic acids is 1. The minimum Gasteiger partial charge on any atom is -0.481 e. The van der Waals surface area contributed by atoms with Gasteiger partial charge in [-0.05, 0) is 32.1 Å². The van der Waals surface area contributed by atoms with Gasteiger partial charge in [0.1, 0.15) is 0 Å². The van der Waals surface area contributed by atoms with Gasteiger partial charge in [-0.25, -0.2) is 0 Å². The van der Waals surface area contributed by atoms with Crippen LogP contribution in [0.2, 0.25) is 0 Å². The molecular weight excluding hydrogens is 897 g/mol. The molecule has 424 valence electrons. The van der Waals surface area contributed by atoms with E-state index < -0.39 is 47.5 Å². The molecule has 1 aliphatic rings. The summed E-state index contributed by atoms with van der Waals surface area (Å²) in [5.74, 6) is -6.84. The van der Waals surface area contributed by atoms with Crippen molar-refractivity contribution in [2.75, 3.05) is 19.8 Å². The Bertz CT molecular complexity index is 1220. The Morgan fingerprint density at radius 2 is 0.417 bits per heavy atom. The van der Waals surface area contributed by atoms with Crippen LogP contribution in [0.25, 0.3) is 0 Å². The number of esters is 3. The van der Waals surface area contributed by atoms with Gasteiger partial charge in [0.25, 0.3) is 0 Å². The summed E-state index contributed by atoms with van der Waals surface area (Å²) in [6.45, 7) is 7.55. The van der Waals surface area contributed by atoms with Crippen LogP contribution in [0.15, 0.2) is 0 Å². The van der Waals surface area contributed by atoms with Crippen molar-refractivity contribution in [2.45, 2.75) is 342 Å². The third-order valence-corrected chi connectivity index (χ3v) is 15.9. The highest BCUT2D eigenvalue weighted by atomic mass is 16.5. The largest absolute Gasteiger partial charge is 0.481 e. The van der Waals surface area contributed by atoms with Gasteiger partial charge in [-0.2, -0.15) is 0 Å². The number of carbonyl (C=O) groups is 4. The molecule has 0 aliphatic heterocycles. The molecule has 4 atom stereocenters. The monoisotopic (exact) mass is 1020 g/mol. The normalized spacial score (nSPS) is 16.8. The van der Waals surface area contributed by atoms with Crippen LogP contribution >= 0.6 is 0 Å². The van der Waals surface area contributed by atoms with Gasteiger partial charge >= 0.3 is 23.9 Å². The van der Waals surface area contributed by atoms with Crippen molar-refractivity contribution in [2.24, 2.45) is 23.7 Å². The van der Waals surface area contributed by atoms with Gasteiger partial charge in [0.15, 0.2) is 0 Å². The molecule has 0 heterocycles. The fraction of sp³-hybridized carbons (Fsp3) is 0.938. The van der Waals surface area contributed by atoms with E-state index in [2.05, 4.69) is 20.8 Å². The van der Waals surface area contributed by atoms with Crippen molar-refractivity contribution < 1.29 is 38.5 Å². The van der Waals surface area contributed by atoms with Gasteiger partial charge in [-0.1, -0.05) is 310 Å². The molecule has 4 unspecified atom stereocenters. The Balaban J connectivity index is 2.51. The minimum absolute atomic E-state index is 0.0780. The highest BCUT2D eigenvalue weighted by molar-refractivity contribution is 5.87. The van der Waals surface area contributed by atoms with Crippen LogP contribution in [0.4, 0.5) is 0 Å². The molecule has 0 aromatic rings. The molecule has 1 fully saturated rings. The van der Waals surface area contributed by atoms with Crippen LogP contribution in [0, 0.1) is 23.7 Å². The Morgan fingerprint density at radius 3 is 0.597 bits per heavy atom. The SMILES string of the molecule is CCCCCCCCCCCCCCCCCCOC(=O)C1CC(C(=O)OCCCCCCCCCCCCCCCCCC)C(C(=O)OCCCCCCCCCCCCCCCCCC)CC1C(=O)O. The second kappa shape index (κ2) is 52.3. The van der Waals surface area contributed by atoms with Crippen LogP contribution in [-0.2, 0) is 33.4 Å². The van der Waals surface area contributed by atoms with Crippen LogP contribution in [-0.4, -0.2) is 48.8 Å². The van der Waals surface area contributed by atoms with Crippen molar-refractivity contribution in [3.05, 3.63) is 0 Å². The molecule has 8 heteroatoms. The van der Waals surface area contributed by atoms with Crippen molar-refractivity contribution in [3.63, 3.8) is 0 Å². The van der Waals surface area contributed by atoms with Gasteiger partial charge < -0.3 is 19.3 Å². The zero-order valence-corrected chi connectivity index (χ0v) is 48.1. The second-order valence-corrected chi connectivity index (χ2v) is 22.6. The number of hydrogen-bond donors (Lipinski definition) is 1. The summed E-state index contributed by atoms with van der Waals surface area (Å²) in [6.07, 6.45) is 60.1.